The second kappa shape index (κ2) is 8.65. The molecule has 0 amide bonds. The van der Waals surface area contributed by atoms with E-state index < -0.39 is 59.4 Å². The number of ketones is 1. The van der Waals surface area contributed by atoms with Crippen LogP contribution in [0.5, 0.6) is 0 Å². The van der Waals surface area contributed by atoms with Gasteiger partial charge in [-0.3, -0.25) is 19.2 Å². The lowest BCUT2D eigenvalue weighted by Crippen LogP contribution is -2.43. The molecule has 36 heavy (non-hydrogen) atoms. The number of fused-ring (bicyclic) bond motifs is 1. The second-order valence-electron chi connectivity index (χ2n) is 11.7. The molecular formula is C27H38O9. The van der Waals surface area contributed by atoms with Gasteiger partial charge in [-0.25, -0.2) is 0 Å². The number of carbonyl (C=O) groups excluding carboxylic acids is 4. The summed E-state index contributed by atoms with van der Waals surface area (Å²) in [4.78, 5) is 50.5. The largest absolute Gasteiger partial charge is 0.461 e. The Morgan fingerprint density at radius 3 is 2.03 bits per heavy atom. The van der Waals surface area contributed by atoms with Gasteiger partial charge in [-0.05, 0) is 36.3 Å². The van der Waals surface area contributed by atoms with Crippen LogP contribution in [-0.4, -0.2) is 66.4 Å². The van der Waals surface area contributed by atoms with E-state index in [1.54, 1.807) is 20.1 Å². The maximum absolute atomic E-state index is 14.2. The SMILES string of the molecule is CO[C@@H]1[C@H]2[C@@H]([C@@H](OC(C)=O)[C@H](C)C(=O)[C@@]34C[C@H](C)[C@H](OC(C)=O)[C@]3(/C=C(\C)[C@H]1OC(C)=O)O4)C2(C)C. The van der Waals surface area contributed by atoms with Gasteiger partial charge in [-0.2, -0.15) is 0 Å². The molecule has 2 saturated carbocycles. The summed E-state index contributed by atoms with van der Waals surface area (Å²) in [5.41, 5.74) is -2.13. The van der Waals surface area contributed by atoms with Crippen molar-refractivity contribution in [3.63, 3.8) is 0 Å². The molecule has 4 rings (SSSR count). The third kappa shape index (κ3) is 3.81. The average Bonchev–Trinajstić information content (AvgIpc) is 3.54. The minimum atomic E-state index is -1.23. The van der Waals surface area contributed by atoms with Crippen LogP contribution in [0.25, 0.3) is 0 Å². The molecule has 3 aliphatic carbocycles. The maximum atomic E-state index is 14.2. The maximum Gasteiger partial charge on any atom is 0.303 e. The zero-order valence-electron chi connectivity index (χ0n) is 22.6. The first-order chi connectivity index (χ1) is 16.6. The van der Waals surface area contributed by atoms with Gasteiger partial charge >= 0.3 is 17.9 Å². The predicted octanol–water partition coefficient (Wildman–Crippen LogP) is 2.78. The van der Waals surface area contributed by atoms with Crippen LogP contribution in [0.3, 0.4) is 0 Å². The van der Waals surface area contributed by atoms with Crippen LogP contribution in [0, 0.1) is 29.1 Å². The van der Waals surface area contributed by atoms with E-state index in [1.807, 2.05) is 27.7 Å². The van der Waals surface area contributed by atoms with E-state index in [0.29, 0.717) is 12.0 Å². The van der Waals surface area contributed by atoms with Crippen LogP contribution >= 0.6 is 0 Å². The minimum absolute atomic E-state index is 0.150. The van der Waals surface area contributed by atoms with E-state index in [2.05, 4.69) is 0 Å². The zero-order valence-corrected chi connectivity index (χ0v) is 22.6. The number of esters is 3. The summed E-state index contributed by atoms with van der Waals surface area (Å²) in [6.07, 6.45) is -0.589. The van der Waals surface area contributed by atoms with Crippen molar-refractivity contribution in [1.29, 1.82) is 0 Å². The zero-order chi connectivity index (χ0) is 27.0. The molecule has 9 nitrogen and oxygen atoms in total. The summed E-state index contributed by atoms with van der Waals surface area (Å²) in [5, 5.41) is 0. The molecule has 200 valence electrons. The molecule has 3 fully saturated rings. The fourth-order valence-electron chi connectivity index (χ4n) is 7.33. The highest BCUT2D eigenvalue weighted by Gasteiger charge is 2.84. The molecule has 4 aliphatic rings. The van der Waals surface area contributed by atoms with E-state index in [0.717, 1.165) is 0 Å². The van der Waals surface area contributed by atoms with Gasteiger partial charge in [0.1, 0.15) is 24.4 Å². The fourth-order valence-corrected chi connectivity index (χ4v) is 7.33. The number of ether oxygens (including phenoxy) is 5. The van der Waals surface area contributed by atoms with Crippen LogP contribution in [-0.2, 0) is 42.9 Å². The Morgan fingerprint density at radius 2 is 1.50 bits per heavy atom. The van der Waals surface area contributed by atoms with Crippen molar-refractivity contribution in [2.45, 2.75) is 97.4 Å². The number of carbonyl (C=O) groups is 4. The Balaban J connectivity index is 1.91. The van der Waals surface area contributed by atoms with Crippen molar-refractivity contribution in [2.75, 3.05) is 7.11 Å². The predicted molar refractivity (Wildman–Crippen MR) is 126 cm³/mol. The smallest absolute Gasteiger partial charge is 0.303 e. The van der Waals surface area contributed by atoms with Crippen molar-refractivity contribution in [1.82, 2.24) is 0 Å². The van der Waals surface area contributed by atoms with E-state index in [1.165, 1.54) is 20.8 Å². The van der Waals surface area contributed by atoms with Gasteiger partial charge in [0.2, 0.25) is 0 Å². The van der Waals surface area contributed by atoms with Crippen molar-refractivity contribution in [3.05, 3.63) is 11.6 Å². The number of epoxide rings is 1. The van der Waals surface area contributed by atoms with Crippen LogP contribution in [0.2, 0.25) is 0 Å². The van der Waals surface area contributed by atoms with E-state index >= 15 is 0 Å². The molecule has 0 unspecified atom stereocenters. The summed E-state index contributed by atoms with van der Waals surface area (Å²) in [7, 11) is 1.56. The topological polar surface area (TPSA) is 118 Å². The van der Waals surface area contributed by atoms with E-state index in [9.17, 15) is 19.2 Å². The molecule has 0 aromatic carbocycles. The molecule has 0 N–H and O–H groups in total. The van der Waals surface area contributed by atoms with Crippen LogP contribution in [0.1, 0.15) is 61.8 Å². The summed E-state index contributed by atoms with van der Waals surface area (Å²) < 4.78 is 29.6. The minimum Gasteiger partial charge on any atom is -0.461 e. The highest BCUT2D eigenvalue weighted by Crippen LogP contribution is 2.68. The number of hydrogen-bond donors (Lipinski definition) is 0. The molecular weight excluding hydrogens is 468 g/mol. The summed E-state index contributed by atoms with van der Waals surface area (Å²) in [5.74, 6) is -2.80. The fraction of sp³-hybridized carbons (Fsp3) is 0.778. The van der Waals surface area contributed by atoms with Gasteiger partial charge in [-0.1, -0.05) is 27.7 Å². The quantitative estimate of drug-likeness (QED) is 0.245. The standard InChI is InChI=1S/C27H38O9/c1-12-10-27-24(35-17(6)30)13(2)11-26(27,36-27)23(31)14(3)21(34-16(5)29)18-19(25(18,7)8)22(32-9)20(12)33-15(4)28/h10,13-14,18-22,24H,11H2,1-9H3/b12-10+/t13-,14-,18-,19+,20+,21-,22+,24-,26-,27-/m0/s1. The van der Waals surface area contributed by atoms with Gasteiger partial charge in [0, 0.05) is 39.7 Å². The lowest BCUT2D eigenvalue weighted by Gasteiger charge is -2.30. The normalized spacial score (nSPS) is 46.0. The summed E-state index contributed by atoms with van der Waals surface area (Å²) in [6.45, 7) is 13.6. The third-order valence-electron chi connectivity index (χ3n) is 8.84. The summed E-state index contributed by atoms with van der Waals surface area (Å²) >= 11 is 0. The molecule has 9 heteroatoms. The molecule has 0 radical (unpaired) electrons. The number of methoxy groups -OCH3 is 1. The van der Waals surface area contributed by atoms with Crippen molar-refractivity contribution in [3.8, 4) is 0 Å². The van der Waals surface area contributed by atoms with Crippen LogP contribution in [0.15, 0.2) is 11.6 Å². The molecule has 0 bridgehead atoms. The molecule has 1 aliphatic heterocycles. The van der Waals surface area contributed by atoms with Gasteiger partial charge in [0.05, 0.1) is 5.92 Å². The molecule has 1 saturated heterocycles. The molecule has 0 aromatic heterocycles. The van der Waals surface area contributed by atoms with Crippen LogP contribution < -0.4 is 0 Å². The summed E-state index contributed by atoms with van der Waals surface area (Å²) in [6, 6.07) is 0. The van der Waals surface area contributed by atoms with Gasteiger partial charge in [0.15, 0.2) is 17.0 Å². The number of hydrogen-bond acceptors (Lipinski definition) is 9. The lowest BCUT2D eigenvalue weighted by atomic mass is 9.80. The lowest BCUT2D eigenvalue weighted by molar-refractivity contribution is -0.155. The molecule has 0 aromatic rings. The molecule has 0 spiro atoms. The third-order valence-corrected chi connectivity index (χ3v) is 8.84. The van der Waals surface area contributed by atoms with Gasteiger partial charge < -0.3 is 23.7 Å². The van der Waals surface area contributed by atoms with Crippen molar-refractivity contribution >= 4 is 23.7 Å². The Morgan fingerprint density at radius 1 is 0.944 bits per heavy atom. The Hall–Kier alpha value is -2.26. The number of Topliss-reactive ketones (excluding diaryl/α,β-unsaturated/α-hetero) is 1. The Bertz CT molecular complexity index is 1010. The first-order valence-corrected chi connectivity index (χ1v) is 12.6. The number of rotatable bonds is 4. The second-order valence-corrected chi connectivity index (χ2v) is 11.7. The van der Waals surface area contributed by atoms with Gasteiger partial charge in [0.25, 0.3) is 0 Å². The van der Waals surface area contributed by atoms with Crippen molar-refractivity contribution < 1.29 is 42.9 Å². The van der Waals surface area contributed by atoms with Gasteiger partial charge in [-0.15, -0.1) is 0 Å². The Kier molecular flexibility index (Phi) is 6.44. The van der Waals surface area contributed by atoms with E-state index in [4.69, 9.17) is 23.7 Å². The van der Waals surface area contributed by atoms with Crippen LogP contribution in [0.4, 0.5) is 0 Å². The highest BCUT2D eigenvalue weighted by molar-refractivity contribution is 5.96. The molecule has 1 heterocycles. The first-order valence-electron chi connectivity index (χ1n) is 12.6. The van der Waals surface area contributed by atoms with E-state index in [-0.39, 0.29) is 29.0 Å². The first kappa shape index (κ1) is 26.8. The Labute approximate surface area is 212 Å². The molecule has 10 atom stereocenters. The average molecular weight is 507 g/mol. The monoisotopic (exact) mass is 506 g/mol. The highest BCUT2D eigenvalue weighted by atomic mass is 16.7. The van der Waals surface area contributed by atoms with Crippen molar-refractivity contribution in [2.24, 2.45) is 29.1 Å².